The van der Waals surface area contributed by atoms with Gasteiger partial charge < -0.3 is 19.7 Å². The van der Waals surface area contributed by atoms with Crippen LogP contribution in [0.1, 0.15) is 20.9 Å². The van der Waals surface area contributed by atoms with Crippen molar-refractivity contribution in [1.82, 2.24) is 0 Å². The fraction of sp³-hybridized carbons (Fsp3) is 0. The Kier molecular flexibility index (Phi) is 2.51. The predicted molar refractivity (Wildman–Crippen MR) is 58.1 cm³/mol. The lowest BCUT2D eigenvalue weighted by molar-refractivity contribution is 0.0653. The first-order valence-corrected chi connectivity index (χ1v) is 4.68. The summed E-state index contributed by atoms with van der Waals surface area (Å²) in [6.07, 6.45) is 0. The molecule has 0 unspecified atom stereocenters. The van der Waals surface area contributed by atoms with Crippen molar-refractivity contribution < 1.29 is 29.3 Å². The van der Waals surface area contributed by atoms with Crippen LogP contribution in [0.5, 0.6) is 5.75 Å². The van der Waals surface area contributed by atoms with Gasteiger partial charge in [-0.3, -0.25) is 4.79 Å². The Balaban J connectivity index is 2.99. The Morgan fingerprint density at radius 2 is 1.78 bits per heavy atom. The molecule has 7 heteroatoms. The van der Waals surface area contributed by atoms with E-state index in [1.54, 1.807) is 0 Å². The molecule has 1 aromatic heterocycles. The molecule has 0 radical (unpaired) electrons. The number of aromatic carboxylic acids is 2. The van der Waals surface area contributed by atoms with Crippen molar-refractivity contribution >= 4 is 22.9 Å². The van der Waals surface area contributed by atoms with Crippen LogP contribution in [0.3, 0.4) is 0 Å². The Bertz CT molecular complexity index is 726. The van der Waals surface area contributed by atoms with Crippen LogP contribution in [0.25, 0.3) is 11.0 Å². The van der Waals surface area contributed by atoms with Crippen LogP contribution < -0.4 is 5.43 Å². The number of benzene rings is 1. The first-order chi connectivity index (χ1) is 8.41. The van der Waals surface area contributed by atoms with E-state index in [2.05, 4.69) is 0 Å². The van der Waals surface area contributed by atoms with Crippen LogP contribution in [0.4, 0.5) is 0 Å². The van der Waals surface area contributed by atoms with Gasteiger partial charge in [-0.15, -0.1) is 0 Å². The Morgan fingerprint density at radius 1 is 1.11 bits per heavy atom. The second-order valence-corrected chi connectivity index (χ2v) is 3.42. The Morgan fingerprint density at radius 3 is 2.33 bits per heavy atom. The van der Waals surface area contributed by atoms with E-state index in [4.69, 9.17) is 14.6 Å². The van der Waals surface area contributed by atoms with Gasteiger partial charge >= 0.3 is 11.9 Å². The SMILES string of the molecule is O=C(O)c1cc(=O)c2ccc(O)c(C(=O)O)c2o1. The molecule has 0 aliphatic rings. The average molecular weight is 250 g/mol. The zero-order chi connectivity index (χ0) is 13.4. The van der Waals surface area contributed by atoms with Crippen molar-refractivity contribution in [2.24, 2.45) is 0 Å². The van der Waals surface area contributed by atoms with Crippen molar-refractivity contribution in [3.8, 4) is 5.75 Å². The summed E-state index contributed by atoms with van der Waals surface area (Å²) in [6.45, 7) is 0. The molecule has 2 rings (SSSR count). The maximum atomic E-state index is 11.6. The van der Waals surface area contributed by atoms with Crippen LogP contribution in [0, 0.1) is 0 Å². The fourth-order valence-corrected chi connectivity index (χ4v) is 1.52. The van der Waals surface area contributed by atoms with E-state index in [1.807, 2.05) is 0 Å². The molecule has 7 nitrogen and oxygen atoms in total. The number of carboxylic acid groups (broad SMARTS) is 2. The summed E-state index contributed by atoms with van der Waals surface area (Å²) >= 11 is 0. The van der Waals surface area contributed by atoms with Crippen molar-refractivity contribution in [1.29, 1.82) is 0 Å². The molecule has 0 aliphatic heterocycles. The smallest absolute Gasteiger partial charge is 0.371 e. The molecule has 0 atom stereocenters. The van der Waals surface area contributed by atoms with Crippen LogP contribution in [0.2, 0.25) is 0 Å². The van der Waals surface area contributed by atoms with Crippen LogP contribution >= 0.6 is 0 Å². The van der Waals surface area contributed by atoms with Crippen LogP contribution in [0.15, 0.2) is 27.4 Å². The fourth-order valence-electron chi connectivity index (χ4n) is 1.52. The number of fused-ring (bicyclic) bond motifs is 1. The molecule has 1 aromatic carbocycles. The van der Waals surface area contributed by atoms with Gasteiger partial charge in [-0.25, -0.2) is 9.59 Å². The first-order valence-electron chi connectivity index (χ1n) is 4.68. The summed E-state index contributed by atoms with van der Waals surface area (Å²) in [7, 11) is 0. The van der Waals surface area contributed by atoms with E-state index in [9.17, 15) is 19.5 Å². The lowest BCUT2D eigenvalue weighted by atomic mass is 10.1. The zero-order valence-electron chi connectivity index (χ0n) is 8.71. The highest BCUT2D eigenvalue weighted by molar-refractivity contribution is 6.04. The molecule has 1 heterocycles. The topological polar surface area (TPSA) is 125 Å². The third-order valence-electron chi connectivity index (χ3n) is 2.30. The van der Waals surface area contributed by atoms with Gasteiger partial charge in [-0.05, 0) is 12.1 Å². The second-order valence-electron chi connectivity index (χ2n) is 3.42. The Labute approximate surface area is 98.5 Å². The van der Waals surface area contributed by atoms with Gasteiger partial charge in [0.15, 0.2) is 11.0 Å². The summed E-state index contributed by atoms with van der Waals surface area (Å²) in [5, 5.41) is 26.9. The summed E-state index contributed by atoms with van der Waals surface area (Å²) in [5.41, 5.74) is -1.81. The van der Waals surface area contributed by atoms with Gasteiger partial charge in [0.05, 0.1) is 5.39 Å². The number of carbonyl (C=O) groups is 2. The molecule has 0 saturated heterocycles. The first kappa shape index (κ1) is 11.6. The minimum Gasteiger partial charge on any atom is -0.507 e. The third kappa shape index (κ3) is 1.67. The minimum atomic E-state index is -1.52. The minimum absolute atomic E-state index is 0.116. The van der Waals surface area contributed by atoms with Crippen molar-refractivity contribution in [3.63, 3.8) is 0 Å². The second kappa shape index (κ2) is 3.88. The summed E-state index contributed by atoms with van der Waals surface area (Å²) in [5.74, 6) is -4.33. The highest BCUT2D eigenvalue weighted by atomic mass is 16.4. The lowest BCUT2D eigenvalue weighted by Crippen LogP contribution is -2.09. The molecule has 0 bridgehead atoms. The van der Waals surface area contributed by atoms with Gasteiger partial charge in [-0.2, -0.15) is 0 Å². The van der Waals surface area contributed by atoms with E-state index >= 15 is 0 Å². The number of hydrogen-bond donors (Lipinski definition) is 3. The van der Waals surface area contributed by atoms with Gasteiger partial charge in [0.25, 0.3) is 0 Å². The molecule has 2 aromatic rings. The van der Waals surface area contributed by atoms with E-state index in [1.165, 1.54) is 0 Å². The van der Waals surface area contributed by atoms with E-state index in [0.29, 0.717) is 0 Å². The Hall–Kier alpha value is -2.83. The summed E-state index contributed by atoms with van der Waals surface area (Å²) in [6, 6.07) is 2.94. The van der Waals surface area contributed by atoms with Crippen molar-refractivity contribution in [2.45, 2.75) is 0 Å². The highest BCUT2D eigenvalue weighted by Crippen LogP contribution is 2.26. The van der Waals surface area contributed by atoms with Gasteiger partial charge in [-0.1, -0.05) is 0 Å². The third-order valence-corrected chi connectivity index (χ3v) is 2.30. The lowest BCUT2D eigenvalue weighted by Gasteiger charge is -2.04. The van der Waals surface area contributed by atoms with Crippen molar-refractivity contribution in [3.05, 3.63) is 39.7 Å². The normalized spacial score (nSPS) is 10.4. The largest absolute Gasteiger partial charge is 0.507 e. The van der Waals surface area contributed by atoms with E-state index in [0.717, 1.165) is 18.2 Å². The molecular weight excluding hydrogens is 244 g/mol. The standard InChI is InChI=1S/C11H6O7/c12-5-2-1-4-6(13)3-7(10(14)15)18-9(4)8(5)11(16)17/h1-3,12H,(H,14,15)(H,16,17). The van der Waals surface area contributed by atoms with Gasteiger partial charge in [0.2, 0.25) is 5.76 Å². The van der Waals surface area contributed by atoms with Crippen LogP contribution in [-0.2, 0) is 0 Å². The molecule has 0 fully saturated rings. The molecule has 0 spiro atoms. The maximum Gasteiger partial charge on any atom is 0.371 e. The average Bonchev–Trinajstić information content (AvgIpc) is 2.27. The zero-order valence-corrected chi connectivity index (χ0v) is 8.71. The molecule has 18 heavy (non-hydrogen) atoms. The van der Waals surface area contributed by atoms with Gasteiger partial charge in [0, 0.05) is 6.07 Å². The molecular formula is C11H6O7. The van der Waals surface area contributed by atoms with Gasteiger partial charge in [0.1, 0.15) is 11.3 Å². The number of rotatable bonds is 2. The quantitative estimate of drug-likeness (QED) is 0.722. The highest BCUT2D eigenvalue weighted by Gasteiger charge is 2.20. The monoisotopic (exact) mass is 250 g/mol. The summed E-state index contributed by atoms with van der Waals surface area (Å²) in [4.78, 5) is 33.3. The molecule has 0 saturated carbocycles. The van der Waals surface area contributed by atoms with Crippen LogP contribution in [-0.4, -0.2) is 27.3 Å². The van der Waals surface area contributed by atoms with E-state index in [-0.39, 0.29) is 5.39 Å². The number of aromatic hydroxyl groups is 1. The number of phenols is 1. The molecule has 0 aliphatic carbocycles. The van der Waals surface area contributed by atoms with Crippen molar-refractivity contribution in [2.75, 3.05) is 0 Å². The molecule has 0 amide bonds. The predicted octanol–water partition coefficient (Wildman–Crippen LogP) is 0.895. The van der Waals surface area contributed by atoms with E-state index < -0.39 is 40.0 Å². The number of hydrogen-bond acceptors (Lipinski definition) is 5. The molecule has 92 valence electrons. The summed E-state index contributed by atoms with van der Waals surface area (Å²) < 4.78 is 4.84. The maximum absolute atomic E-state index is 11.6. The number of carboxylic acids is 2. The molecule has 3 N–H and O–H groups in total.